The number of rotatable bonds is 6. The monoisotopic (exact) mass is 386 g/mol. The number of nitrogens with one attached hydrogen (secondary N) is 1. The average Bonchev–Trinajstić information content (AvgIpc) is 3.10. The minimum atomic E-state index is -0.457. The molecule has 8 nitrogen and oxygen atoms in total. The lowest BCUT2D eigenvalue weighted by Gasteiger charge is -2.41. The largest absolute Gasteiger partial charge is 0.368 e. The topological polar surface area (TPSA) is 89.7 Å². The number of nitrogens with zero attached hydrogens (tertiary/aromatic N) is 3. The van der Waals surface area contributed by atoms with E-state index in [0.717, 1.165) is 12.8 Å². The van der Waals surface area contributed by atoms with E-state index in [4.69, 9.17) is 14.0 Å². The average molecular weight is 386 g/mol. The van der Waals surface area contributed by atoms with Gasteiger partial charge < -0.3 is 24.2 Å². The summed E-state index contributed by atoms with van der Waals surface area (Å²) in [5.41, 5.74) is 2.03. The Morgan fingerprint density at radius 1 is 1.39 bits per heavy atom. The first-order valence-electron chi connectivity index (χ1n) is 9.75. The molecular weight excluding hydrogens is 360 g/mol. The molecule has 3 heterocycles. The summed E-state index contributed by atoms with van der Waals surface area (Å²) >= 11 is 0. The molecule has 0 saturated carbocycles. The lowest BCUT2D eigenvalue weighted by Crippen LogP contribution is -2.59. The van der Waals surface area contributed by atoms with Crippen molar-refractivity contribution in [2.75, 3.05) is 26.2 Å². The fourth-order valence-electron chi connectivity index (χ4n) is 3.81. The standard InChI is InChI=1S/C20H26N4O4/c1-3-20(17-7-5-4-6-15(17)8-9-27-20)13-21-19(25)24-10-16(11-24)26-12-18-22-14(2)23-28-18/h4-7,16H,3,8-13H2,1-2H3,(H,21,25). The second kappa shape index (κ2) is 7.89. The second-order valence-electron chi connectivity index (χ2n) is 7.34. The van der Waals surface area contributed by atoms with Crippen LogP contribution >= 0.6 is 0 Å². The molecule has 1 atom stereocenters. The molecule has 1 aromatic heterocycles. The van der Waals surface area contributed by atoms with Gasteiger partial charge in [-0.1, -0.05) is 36.3 Å². The third kappa shape index (κ3) is 3.74. The molecule has 0 aliphatic carbocycles. The van der Waals surface area contributed by atoms with Crippen LogP contribution < -0.4 is 5.32 Å². The Labute approximate surface area is 164 Å². The minimum absolute atomic E-state index is 0.00949. The summed E-state index contributed by atoms with van der Waals surface area (Å²) in [7, 11) is 0. The van der Waals surface area contributed by atoms with Crippen molar-refractivity contribution in [1.29, 1.82) is 0 Å². The lowest BCUT2D eigenvalue weighted by atomic mass is 9.84. The highest BCUT2D eigenvalue weighted by atomic mass is 16.5. The van der Waals surface area contributed by atoms with Crippen molar-refractivity contribution in [3.8, 4) is 0 Å². The molecule has 8 heteroatoms. The van der Waals surface area contributed by atoms with Gasteiger partial charge >= 0.3 is 6.03 Å². The van der Waals surface area contributed by atoms with Gasteiger partial charge in [-0.05, 0) is 30.9 Å². The molecule has 0 radical (unpaired) electrons. The number of aryl methyl sites for hydroxylation is 1. The molecule has 1 N–H and O–H groups in total. The van der Waals surface area contributed by atoms with Gasteiger partial charge in [0.15, 0.2) is 5.82 Å². The summed E-state index contributed by atoms with van der Waals surface area (Å²) in [4.78, 5) is 18.4. The van der Waals surface area contributed by atoms with Crippen LogP contribution in [0.3, 0.4) is 0 Å². The number of benzene rings is 1. The number of likely N-dealkylation sites (tertiary alicyclic amines) is 1. The van der Waals surface area contributed by atoms with E-state index in [0.29, 0.717) is 38.0 Å². The quantitative estimate of drug-likeness (QED) is 0.818. The van der Waals surface area contributed by atoms with E-state index >= 15 is 0 Å². The summed E-state index contributed by atoms with van der Waals surface area (Å²) in [6.07, 6.45) is 1.71. The SMILES string of the molecule is CCC1(CNC(=O)N2CC(OCc3nc(C)no3)C2)OCCc2ccccc21. The molecule has 28 heavy (non-hydrogen) atoms. The van der Waals surface area contributed by atoms with Gasteiger partial charge in [0.2, 0.25) is 0 Å². The molecule has 2 aliphatic heterocycles. The summed E-state index contributed by atoms with van der Waals surface area (Å²) in [5, 5.41) is 6.78. The number of carbonyl (C=O) groups excluding carboxylic acids is 1. The molecule has 1 aromatic carbocycles. The van der Waals surface area contributed by atoms with Crippen molar-refractivity contribution in [1.82, 2.24) is 20.4 Å². The van der Waals surface area contributed by atoms with Gasteiger partial charge in [0, 0.05) is 0 Å². The van der Waals surface area contributed by atoms with Crippen LogP contribution in [0.15, 0.2) is 28.8 Å². The molecule has 2 amide bonds. The van der Waals surface area contributed by atoms with Crippen molar-refractivity contribution < 1.29 is 18.8 Å². The highest BCUT2D eigenvalue weighted by Crippen LogP contribution is 2.35. The predicted octanol–water partition coefficient (Wildman–Crippen LogP) is 2.17. The van der Waals surface area contributed by atoms with E-state index in [1.54, 1.807) is 11.8 Å². The molecule has 1 unspecified atom stereocenters. The zero-order valence-corrected chi connectivity index (χ0v) is 16.3. The molecule has 2 aliphatic rings. The molecule has 0 bridgehead atoms. The van der Waals surface area contributed by atoms with Crippen molar-refractivity contribution in [2.45, 2.75) is 45.0 Å². The van der Waals surface area contributed by atoms with Crippen molar-refractivity contribution in [3.63, 3.8) is 0 Å². The Morgan fingerprint density at radius 2 is 2.21 bits per heavy atom. The normalized spacial score (nSPS) is 21.9. The first-order chi connectivity index (χ1) is 13.6. The van der Waals surface area contributed by atoms with Crippen LogP contribution in [0.5, 0.6) is 0 Å². The maximum Gasteiger partial charge on any atom is 0.317 e. The molecule has 4 rings (SSSR count). The van der Waals surface area contributed by atoms with E-state index in [9.17, 15) is 4.79 Å². The van der Waals surface area contributed by atoms with E-state index in [1.165, 1.54) is 11.1 Å². The van der Waals surface area contributed by atoms with E-state index < -0.39 is 5.60 Å². The van der Waals surface area contributed by atoms with Crippen LogP contribution in [-0.4, -0.2) is 53.4 Å². The van der Waals surface area contributed by atoms with Crippen LogP contribution in [-0.2, 0) is 28.1 Å². The zero-order valence-electron chi connectivity index (χ0n) is 16.3. The Bertz CT molecular complexity index is 833. The van der Waals surface area contributed by atoms with E-state index in [1.807, 2.05) is 6.07 Å². The van der Waals surface area contributed by atoms with Crippen molar-refractivity contribution in [2.24, 2.45) is 0 Å². The smallest absolute Gasteiger partial charge is 0.317 e. The summed E-state index contributed by atoms with van der Waals surface area (Å²) in [5.74, 6) is 1.04. The maximum atomic E-state index is 12.5. The molecular formula is C20H26N4O4. The summed E-state index contributed by atoms with van der Waals surface area (Å²) < 4.78 is 16.9. The summed E-state index contributed by atoms with van der Waals surface area (Å²) in [6, 6.07) is 8.25. The zero-order chi connectivity index (χ0) is 19.6. The van der Waals surface area contributed by atoms with Gasteiger partial charge in [-0.3, -0.25) is 0 Å². The van der Waals surface area contributed by atoms with Gasteiger partial charge in [0.25, 0.3) is 5.89 Å². The fourth-order valence-corrected chi connectivity index (χ4v) is 3.81. The Morgan fingerprint density at radius 3 is 2.96 bits per heavy atom. The van der Waals surface area contributed by atoms with Crippen LogP contribution in [0.1, 0.15) is 36.2 Å². The van der Waals surface area contributed by atoms with Crippen LogP contribution in [0.2, 0.25) is 0 Å². The molecule has 2 aromatic rings. The van der Waals surface area contributed by atoms with Crippen LogP contribution in [0.25, 0.3) is 0 Å². The number of aromatic nitrogens is 2. The minimum Gasteiger partial charge on any atom is -0.368 e. The summed E-state index contributed by atoms with van der Waals surface area (Å²) in [6.45, 7) is 6.37. The number of amides is 2. The predicted molar refractivity (Wildman–Crippen MR) is 101 cm³/mol. The molecule has 1 fully saturated rings. The van der Waals surface area contributed by atoms with Gasteiger partial charge in [-0.25, -0.2) is 4.79 Å². The fraction of sp³-hybridized carbons (Fsp3) is 0.550. The Hall–Kier alpha value is -2.45. The van der Waals surface area contributed by atoms with Gasteiger partial charge in [0.1, 0.15) is 12.2 Å². The first-order valence-corrected chi connectivity index (χ1v) is 9.75. The van der Waals surface area contributed by atoms with Gasteiger partial charge in [0.05, 0.1) is 32.3 Å². The number of urea groups is 1. The maximum absolute atomic E-state index is 12.5. The molecule has 150 valence electrons. The van der Waals surface area contributed by atoms with E-state index in [2.05, 4.69) is 40.6 Å². The second-order valence-corrected chi connectivity index (χ2v) is 7.34. The molecule has 0 spiro atoms. The first kappa shape index (κ1) is 18.9. The van der Waals surface area contributed by atoms with Gasteiger partial charge in [-0.15, -0.1) is 0 Å². The molecule has 1 saturated heterocycles. The van der Waals surface area contributed by atoms with Crippen molar-refractivity contribution >= 4 is 6.03 Å². The third-order valence-corrected chi connectivity index (χ3v) is 5.50. The van der Waals surface area contributed by atoms with Crippen molar-refractivity contribution in [3.05, 3.63) is 47.1 Å². The highest BCUT2D eigenvalue weighted by molar-refractivity contribution is 5.75. The van der Waals surface area contributed by atoms with Crippen LogP contribution in [0, 0.1) is 6.92 Å². The highest BCUT2D eigenvalue weighted by Gasteiger charge is 2.38. The van der Waals surface area contributed by atoms with E-state index in [-0.39, 0.29) is 18.7 Å². The number of carbonyl (C=O) groups is 1. The number of hydrogen-bond donors (Lipinski definition) is 1. The Balaban J connectivity index is 1.27. The number of hydrogen-bond acceptors (Lipinski definition) is 6. The number of ether oxygens (including phenoxy) is 2. The number of fused-ring (bicyclic) bond motifs is 1. The third-order valence-electron chi connectivity index (χ3n) is 5.50. The van der Waals surface area contributed by atoms with Gasteiger partial charge in [-0.2, -0.15) is 4.98 Å². The lowest BCUT2D eigenvalue weighted by molar-refractivity contribution is -0.0659. The Kier molecular flexibility index (Phi) is 5.32. The van der Waals surface area contributed by atoms with Crippen LogP contribution in [0.4, 0.5) is 4.79 Å².